The zero-order valence-electron chi connectivity index (χ0n) is 9.99. The zero-order valence-corrected chi connectivity index (χ0v) is 11.6. The highest BCUT2D eigenvalue weighted by Gasteiger charge is 1.97. The van der Waals surface area contributed by atoms with Crippen molar-refractivity contribution < 1.29 is 0 Å². The summed E-state index contributed by atoms with van der Waals surface area (Å²) in [6.07, 6.45) is 8.88. The zero-order chi connectivity index (χ0) is 13.1. The van der Waals surface area contributed by atoms with E-state index in [0.29, 0.717) is 0 Å². The second-order valence-electron chi connectivity index (χ2n) is 4.04. The summed E-state index contributed by atoms with van der Waals surface area (Å²) < 4.78 is 1.06. The van der Waals surface area contributed by atoms with E-state index in [0.717, 1.165) is 26.8 Å². The summed E-state index contributed by atoms with van der Waals surface area (Å²) in [4.78, 5) is 12.8. The van der Waals surface area contributed by atoms with E-state index >= 15 is 0 Å². The molecule has 0 radical (unpaired) electrons. The summed E-state index contributed by atoms with van der Waals surface area (Å²) in [6.45, 7) is 0. The number of rotatable bonds is 2. The van der Waals surface area contributed by atoms with Crippen molar-refractivity contribution in [2.75, 3.05) is 0 Å². The maximum atomic E-state index is 4.58. The van der Waals surface area contributed by atoms with Crippen LogP contribution in [0.2, 0.25) is 0 Å². The molecule has 0 aliphatic carbocycles. The first-order chi connectivity index (χ1) is 9.31. The molecule has 2 heterocycles. The summed E-state index contributed by atoms with van der Waals surface area (Å²) in [5.41, 5.74) is 2.70. The van der Waals surface area contributed by atoms with Gasteiger partial charge in [-0.25, -0.2) is 4.98 Å². The van der Waals surface area contributed by atoms with Gasteiger partial charge in [-0.2, -0.15) is 0 Å². The first-order valence-electron chi connectivity index (χ1n) is 5.82. The number of halogens is 1. The molecule has 0 aliphatic heterocycles. The Morgan fingerprint density at radius 2 is 1.84 bits per heavy atom. The van der Waals surface area contributed by atoms with E-state index in [1.165, 1.54) is 0 Å². The van der Waals surface area contributed by atoms with Gasteiger partial charge in [0, 0.05) is 22.3 Å². The van der Waals surface area contributed by atoms with Crippen molar-refractivity contribution in [3.63, 3.8) is 0 Å². The average Bonchev–Trinajstić information content (AvgIpc) is 2.46. The van der Waals surface area contributed by atoms with Crippen LogP contribution in [0, 0.1) is 0 Å². The highest BCUT2D eigenvalue weighted by molar-refractivity contribution is 9.10. The first-order valence-corrected chi connectivity index (χ1v) is 6.61. The lowest BCUT2D eigenvalue weighted by Gasteiger charge is -1.99. The lowest BCUT2D eigenvalue weighted by atomic mass is 10.2. The van der Waals surface area contributed by atoms with Gasteiger partial charge in [-0.15, -0.1) is 0 Å². The third kappa shape index (κ3) is 2.85. The topological polar surface area (TPSA) is 38.7 Å². The largest absolute Gasteiger partial charge is 0.261 e. The summed E-state index contributed by atoms with van der Waals surface area (Å²) in [7, 11) is 0. The summed E-state index contributed by atoms with van der Waals surface area (Å²) in [6, 6.07) is 10.1. The van der Waals surface area contributed by atoms with Crippen molar-refractivity contribution in [3.05, 3.63) is 64.8 Å². The summed E-state index contributed by atoms with van der Waals surface area (Å²) in [5, 5.41) is 1.12. The van der Waals surface area contributed by atoms with Gasteiger partial charge in [-0.05, 0) is 36.4 Å². The summed E-state index contributed by atoms with van der Waals surface area (Å²) >= 11 is 3.46. The monoisotopic (exact) mass is 311 g/mol. The lowest BCUT2D eigenvalue weighted by molar-refractivity contribution is 1.18. The van der Waals surface area contributed by atoms with Crippen LogP contribution >= 0.6 is 15.9 Å². The molecule has 2 aromatic heterocycles. The van der Waals surface area contributed by atoms with E-state index in [-0.39, 0.29) is 0 Å². The molecule has 3 aromatic rings. The minimum Gasteiger partial charge on any atom is -0.261 e. The van der Waals surface area contributed by atoms with Gasteiger partial charge in [0.05, 0.1) is 23.1 Å². The molecule has 0 bridgehead atoms. The summed E-state index contributed by atoms with van der Waals surface area (Å²) in [5.74, 6) is 0. The van der Waals surface area contributed by atoms with Crippen molar-refractivity contribution >= 4 is 39.0 Å². The highest BCUT2D eigenvalue weighted by Crippen LogP contribution is 2.19. The number of fused-ring (bicyclic) bond motifs is 1. The molecule has 0 atom stereocenters. The van der Waals surface area contributed by atoms with E-state index in [4.69, 9.17) is 0 Å². The molecule has 0 spiro atoms. The predicted octanol–water partition coefficient (Wildman–Crippen LogP) is 3.96. The Morgan fingerprint density at radius 3 is 2.68 bits per heavy atom. The first kappa shape index (κ1) is 12.0. The van der Waals surface area contributed by atoms with Crippen molar-refractivity contribution in [3.8, 4) is 0 Å². The van der Waals surface area contributed by atoms with E-state index in [2.05, 4.69) is 43.0 Å². The van der Waals surface area contributed by atoms with Gasteiger partial charge in [-0.3, -0.25) is 9.97 Å². The highest BCUT2D eigenvalue weighted by atomic mass is 79.9. The van der Waals surface area contributed by atoms with Crippen LogP contribution in [0.5, 0.6) is 0 Å². The molecule has 0 saturated carbocycles. The Kier molecular flexibility index (Phi) is 3.33. The quantitative estimate of drug-likeness (QED) is 0.719. The van der Waals surface area contributed by atoms with Crippen molar-refractivity contribution in [2.45, 2.75) is 0 Å². The van der Waals surface area contributed by atoms with Crippen LogP contribution in [0.4, 0.5) is 0 Å². The molecule has 3 nitrogen and oxygen atoms in total. The fraction of sp³-hybridized carbons (Fsp3) is 0. The minimum absolute atomic E-state index is 0.820. The van der Waals surface area contributed by atoms with Gasteiger partial charge in [0.25, 0.3) is 0 Å². The molecular weight excluding hydrogens is 302 g/mol. The number of aromatic nitrogens is 3. The third-order valence-corrected chi connectivity index (χ3v) is 3.17. The third-order valence-electron chi connectivity index (χ3n) is 2.68. The van der Waals surface area contributed by atoms with Crippen LogP contribution in [-0.2, 0) is 0 Å². The molecule has 1 aromatic carbocycles. The fourth-order valence-corrected chi connectivity index (χ4v) is 2.15. The molecule has 4 heteroatoms. The van der Waals surface area contributed by atoms with Crippen LogP contribution < -0.4 is 0 Å². The predicted molar refractivity (Wildman–Crippen MR) is 80.4 cm³/mol. The van der Waals surface area contributed by atoms with Crippen LogP contribution in [0.15, 0.2) is 53.4 Å². The van der Waals surface area contributed by atoms with Gasteiger partial charge in [0.15, 0.2) is 0 Å². The van der Waals surface area contributed by atoms with Gasteiger partial charge in [0.1, 0.15) is 0 Å². The lowest BCUT2D eigenvalue weighted by Crippen LogP contribution is -1.84. The van der Waals surface area contributed by atoms with E-state index in [1.54, 1.807) is 18.6 Å². The number of benzene rings is 1. The Balaban J connectivity index is 1.94. The van der Waals surface area contributed by atoms with Crippen LogP contribution in [-0.4, -0.2) is 15.0 Å². The number of pyridine rings is 1. The molecule has 0 aliphatic rings. The van der Waals surface area contributed by atoms with Crippen LogP contribution in [0.3, 0.4) is 0 Å². The average molecular weight is 312 g/mol. The number of hydrogen-bond acceptors (Lipinski definition) is 3. The molecule has 0 amide bonds. The molecule has 92 valence electrons. The Bertz CT molecular complexity index is 739. The Morgan fingerprint density at radius 1 is 0.947 bits per heavy atom. The molecule has 0 saturated heterocycles. The van der Waals surface area contributed by atoms with Crippen molar-refractivity contribution in [1.82, 2.24) is 15.0 Å². The normalized spacial score (nSPS) is 11.2. The molecular formula is C15H10BrN3. The molecule has 0 unspecified atom stereocenters. The SMILES string of the molecule is Brc1ccc2nc(/C=C/c3cnccn3)ccc2c1. The molecule has 19 heavy (non-hydrogen) atoms. The van der Waals surface area contributed by atoms with Gasteiger partial charge >= 0.3 is 0 Å². The number of hydrogen-bond donors (Lipinski definition) is 0. The fourth-order valence-electron chi connectivity index (χ4n) is 1.77. The van der Waals surface area contributed by atoms with Crippen molar-refractivity contribution in [1.29, 1.82) is 0 Å². The smallest absolute Gasteiger partial charge is 0.0813 e. The number of nitrogens with zero attached hydrogens (tertiary/aromatic N) is 3. The van der Waals surface area contributed by atoms with Gasteiger partial charge < -0.3 is 0 Å². The standard InChI is InChI=1S/C15H10BrN3/c16-12-2-6-15-11(9-12)1-3-13(19-15)4-5-14-10-17-7-8-18-14/h1-10H/b5-4+. The minimum atomic E-state index is 0.820. The second-order valence-corrected chi connectivity index (χ2v) is 4.95. The second kappa shape index (κ2) is 5.28. The molecule has 3 rings (SSSR count). The van der Waals surface area contributed by atoms with Crippen molar-refractivity contribution in [2.24, 2.45) is 0 Å². The van der Waals surface area contributed by atoms with Gasteiger partial charge in [0.2, 0.25) is 0 Å². The Hall–Kier alpha value is -2.07. The maximum absolute atomic E-state index is 4.58. The van der Waals surface area contributed by atoms with E-state index in [1.807, 2.05) is 30.4 Å². The Labute approximate surface area is 119 Å². The van der Waals surface area contributed by atoms with Gasteiger partial charge in [-0.1, -0.05) is 22.0 Å². The van der Waals surface area contributed by atoms with E-state index in [9.17, 15) is 0 Å². The van der Waals surface area contributed by atoms with Crippen LogP contribution in [0.1, 0.15) is 11.4 Å². The van der Waals surface area contributed by atoms with Crippen LogP contribution in [0.25, 0.3) is 23.1 Å². The van der Waals surface area contributed by atoms with E-state index < -0.39 is 0 Å². The molecule has 0 N–H and O–H groups in total. The maximum Gasteiger partial charge on any atom is 0.0813 e. The molecule has 0 fully saturated rings.